The molecule has 0 spiro atoms. The largest absolute Gasteiger partial charge is 0.489 e. The first-order chi connectivity index (χ1) is 17.0. The van der Waals surface area contributed by atoms with Crippen LogP contribution in [-0.4, -0.2) is 59.9 Å². The molecule has 2 aromatic carbocycles. The molecule has 0 bridgehead atoms. The SMILES string of the molecule is C=CCC=CCOc1cc(OCOC)cc2c1C(=O)c1c(OCOC)cc(OCOC)cc1C2=O. The third-order valence-electron chi connectivity index (χ3n) is 4.92. The summed E-state index contributed by atoms with van der Waals surface area (Å²) in [5.74, 6) is 0.145. The molecule has 0 N–H and O–H groups in total. The van der Waals surface area contributed by atoms with Crippen LogP contribution in [0.3, 0.4) is 0 Å². The Balaban J connectivity index is 2.11. The predicted octanol–water partition coefficient (Wildman–Crippen LogP) is 3.92. The monoisotopic (exact) mass is 484 g/mol. The second-order valence-corrected chi connectivity index (χ2v) is 7.31. The van der Waals surface area contributed by atoms with E-state index in [1.807, 2.05) is 6.08 Å². The fourth-order valence-electron chi connectivity index (χ4n) is 3.45. The number of benzene rings is 2. The molecule has 3 rings (SSSR count). The van der Waals surface area contributed by atoms with Gasteiger partial charge in [-0.15, -0.1) is 6.58 Å². The Hall–Kier alpha value is -3.66. The smallest absolute Gasteiger partial charge is 0.201 e. The quantitative estimate of drug-likeness (QED) is 0.249. The van der Waals surface area contributed by atoms with Gasteiger partial charge in [-0.3, -0.25) is 9.59 Å². The molecule has 2 aromatic rings. The average molecular weight is 485 g/mol. The van der Waals surface area contributed by atoms with Crippen molar-refractivity contribution in [2.45, 2.75) is 6.42 Å². The third kappa shape index (κ3) is 6.07. The Bertz CT molecular complexity index is 1100. The van der Waals surface area contributed by atoms with Gasteiger partial charge in [-0.05, 0) is 18.6 Å². The molecule has 0 amide bonds. The number of carbonyl (C=O) groups excluding carboxylic acids is 2. The molecule has 35 heavy (non-hydrogen) atoms. The van der Waals surface area contributed by atoms with Crippen LogP contribution in [0.4, 0.5) is 0 Å². The van der Waals surface area contributed by atoms with Crippen LogP contribution < -0.4 is 18.9 Å². The third-order valence-corrected chi connectivity index (χ3v) is 4.92. The zero-order valence-electron chi connectivity index (χ0n) is 20.0. The first-order valence-electron chi connectivity index (χ1n) is 10.7. The van der Waals surface area contributed by atoms with Crippen molar-refractivity contribution in [2.24, 2.45) is 0 Å². The van der Waals surface area contributed by atoms with E-state index in [-0.39, 0.29) is 60.7 Å². The molecule has 9 heteroatoms. The highest BCUT2D eigenvalue weighted by atomic mass is 16.7. The molecular weight excluding hydrogens is 456 g/mol. The number of ether oxygens (including phenoxy) is 7. The van der Waals surface area contributed by atoms with Gasteiger partial charge in [0.2, 0.25) is 5.78 Å². The summed E-state index contributed by atoms with van der Waals surface area (Å²) in [7, 11) is 4.41. The molecule has 0 radical (unpaired) electrons. The highest BCUT2D eigenvalue weighted by Gasteiger charge is 2.36. The zero-order chi connectivity index (χ0) is 25.2. The number of allylic oxidation sites excluding steroid dienone is 2. The van der Waals surface area contributed by atoms with E-state index in [9.17, 15) is 9.59 Å². The summed E-state index contributed by atoms with van der Waals surface area (Å²) < 4.78 is 37.5. The van der Waals surface area contributed by atoms with E-state index in [4.69, 9.17) is 33.2 Å². The molecule has 0 fully saturated rings. The number of fused-ring (bicyclic) bond motifs is 2. The number of methoxy groups -OCH3 is 3. The van der Waals surface area contributed by atoms with Gasteiger partial charge >= 0.3 is 0 Å². The lowest BCUT2D eigenvalue weighted by molar-refractivity contribution is 0.0453. The lowest BCUT2D eigenvalue weighted by Crippen LogP contribution is -2.24. The summed E-state index contributed by atoms with van der Waals surface area (Å²) in [6.07, 6.45) is 6.11. The van der Waals surface area contributed by atoms with E-state index < -0.39 is 11.6 Å². The molecule has 0 saturated carbocycles. The van der Waals surface area contributed by atoms with Crippen LogP contribution in [0.5, 0.6) is 23.0 Å². The normalized spacial score (nSPS) is 12.3. The lowest BCUT2D eigenvalue weighted by Gasteiger charge is -2.24. The molecule has 0 aromatic heterocycles. The minimum absolute atomic E-state index is 0.0415. The van der Waals surface area contributed by atoms with Gasteiger partial charge < -0.3 is 33.2 Å². The zero-order valence-corrected chi connectivity index (χ0v) is 20.0. The topological polar surface area (TPSA) is 98.8 Å². The van der Waals surface area contributed by atoms with E-state index >= 15 is 0 Å². The average Bonchev–Trinajstić information content (AvgIpc) is 2.87. The second-order valence-electron chi connectivity index (χ2n) is 7.31. The summed E-state index contributed by atoms with van der Waals surface area (Å²) in [6, 6.07) is 6.05. The maximum Gasteiger partial charge on any atom is 0.201 e. The Morgan fingerprint density at radius 1 is 0.686 bits per heavy atom. The van der Waals surface area contributed by atoms with Crippen molar-refractivity contribution in [2.75, 3.05) is 48.3 Å². The van der Waals surface area contributed by atoms with Crippen molar-refractivity contribution < 1.29 is 42.7 Å². The first-order valence-corrected chi connectivity index (χ1v) is 10.7. The minimum Gasteiger partial charge on any atom is -0.489 e. The molecular formula is C26H28O9. The lowest BCUT2D eigenvalue weighted by atomic mass is 9.82. The van der Waals surface area contributed by atoms with E-state index in [2.05, 4.69) is 6.58 Å². The Labute approximate surface area is 203 Å². The molecule has 0 unspecified atom stereocenters. The molecule has 0 heterocycles. The summed E-state index contributed by atoms with van der Waals surface area (Å²) in [4.78, 5) is 27.3. The van der Waals surface area contributed by atoms with Crippen molar-refractivity contribution in [3.05, 3.63) is 71.3 Å². The van der Waals surface area contributed by atoms with Crippen LogP contribution in [-0.2, 0) is 14.2 Å². The van der Waals surface area contributed by atoms with Gasteiger partial charge in [0.15, 0.2) is 26.2 Å². The van der Waals surface area contributed by atoms with Crippen molar-refractivity contribution in [3.63, 3.8) is 0 Å². The summed E-state index contributed by atoms with van der Waals surface area (Å²) in [5, 5.41) is 0. The minimum atomic E-state index is -0.428. The summed E-state index contributed by atoms with van der Waals surface area (Å²) in [5.41, 5.74) is 0.491. The Morgan fingerprint density at radius 2 is 1.20 bits per heavy atom. The van der Waals surface area contributed by atoms with Crippen LogP contribution in [0.25, 0.3) is 0 Å². The van der Waals surface area contributed by atoms with E-state index in [1.54, 1.807) is 18.2 Å². The van der Waals surface area contributed by atoms with Gasteiger partial charge in [0.05, 0.1) is 11.1 Å². The van der Waals surface area contributed by atoms with Crippen molar-refractivity contribution in [3.8, 4) is 23.0 Å². The standard InChI is InChI=1S/C26H28O9/c1-5-6-7-8-9-32-21-12-17(33-14-29-2)10-19-23(21)26(28)24-20(25(19)27)11-18(34-15-30-3)13-22(24)35-16-31-4/h5,7-8,10-13H,1,6,9,14-16H2,2-4H3. The highest BCUT2D eigenvalue weighted by molar-refractivity contribution is 6.30. The van der Waals surface area contributed by atoms with Crippen LogP contribution in [0.2, 0.25) is 0 Å². The maximum atomic E-state index is 13.7. The molecule has 0 aliphatic heterocycles. The Morgan fingerprint density at radius 3 is 1.71 bits per heavy atom. The van der Waals surface area contributed by atoms with Gasteiger partial charge in [0.25, 0.3) is 0 Å². The van der Waals surface area contributed by atoms with Crippen LogP contribution in [0, 0.1) is 0 Å². The van der Waals surface area contributed by atoms with Crippen LogP contribution in [0.1, 0.15) is 38.3 Å². The maximum absolute atomic E-state index is 13.7. The first kappa shape index (κ1) is 26.0. The molecule has 0 atom stereocenters. The molecule has 1 aliphatic carbocycles. The van der Waals surface area contributed by atoms with E-state index in [0.717, 1.165) is 0 Å². The number of ketones is 2. The molecule has 9 nitrogen and oxygen atoms in total. The Kier molecular flexibility index (Phi) is 9.42. The number of carbonyl (C=O) groups is 2. The fourth-order valence-corrected chi connectivity index (χ4v) is 3.45. The number of hydrogen-bond donors (Lipinski definition) is 0. The molecule has 186 valence electrons. The van der Waals surface area contributed by atoms with Crippen LogP contribution in [0.15, 0.2) is 49.1 Å². The summed E-state index contributed by atoms with van der Waals surface area (Å²) >= 11 is 0. The van der Waals surface area contributed by atoms with Gasteiger partial charge in [0.1, 0.15) is 29.6 Å². The van der Waals surface area contributed by atoms with Gasteiger partial charge in [-0.25, -0.2) is 0 Å². The van der Waals surface area contributed by atoms with E-state index in [0.29, 0.717) is 17.9 Å². The number of rotatable bonds is 14. The number of hydrogen-bond acceptors (Lipinski definition) is 9. The molecule has 0 saturated heterocycles. The van der Waals surface area contributed by atoms with Gasteiger partial charge in [-0.1, -0.05) is 18.2 Å². The summed E-state index contributed by atoms with van der Waals surface area (Å²) in [6.45, 7) is 3.63. The van der Waals surface area contributed by atoms with Crippen molar-refractivity contribution in [1.82, 2.24) is 0 Å². The molecule has 1 aliphatic rings. The highest BCUT2D eigenvalue weighted by Crippen LogP contribution is 2.41. The van der Waals surface area contributed by atoms with Crippen molar-refractivity contribution in [1.29, 1.82) is 0 Å². The van der Waals surface area contributed by atoms with Gasteiger partial charge in [-0.2, -0.15) is 0 Å². The second kappa shape index (κ2) is 12.7. The predicted molar refractivity (Wildman–Crippen MR) is 127 cm³/mol. The van der Waals surface area contributed by atoms with E-state index in [1.165, 1.54) is 39.5 Å². The van der Waals surface area contributed by atoms with Crippen LogP contribution >= 0.6 is 0 Å². The fraction of sp³-hybridized carbons (Fsp3) is 0.308. The van der Waals surface area contributed by atoms with Crippen molar-refractivity contribution >= 4 is 11.6 Å². The van der Waals surface area contributed by atoms with Gasteiger partial charge in [0, 0.05) is 44.6 Å².